The largest absolute Gasteiger partial charge is 0.212 e. The molecule has 0 atom stereocenters. The van der Waals surface area contributed by atoms with Crippen LogP contribution in [0.2, 0.25) is 0 Å². The molecule has 0 saturated carbocycles. The van der Waals surface area contributed by atoms with Crippen LogP contribution >= 0.6 is 0 Å². The summed E-state index contributed by atoms with van der Waals surface area (Å²) in [5.41, 5.74) is 7.78. The van der Waals surface area contributed by atoms with E-state index in [0.29, 0.717) is 5.92 Å². The highest BCUT2D eigenvalue weighted by Crippen LogP contribution is 2.29. The van der Waals surface area contributed by atoms with Crippen molar-refractivity contribution >= 4 is 0 Å². The Labute approximate surface area is 139 Å². The lowest BCUT2D eigenvalue weighted by Crippen LogP contribution is -2.30. The van der Waals surface area contributed by atoms with Gasteiger partial charge in [0.1, 0.15) is 7.05 Å². The van der Waals surface area contributed by atoms with Crippen LogP contribution in [0.4, 0.5) is 0 Å². The highest BCUT2D eigenvalue weighted by molar-refractivity contribution is 5.72. The highest BCUT2D eigenvalue weighted by Gasteiger charge is 2.15. The van der Waals surface area contributed by atoms with E-state index in [1.165, 1.54) is 33.5 Å². The number of aryl methyl sites for hydroxylation is 2. The van der Waals surface area contributed by atoms with Crippen molar-refractivity contribution in [2.75, 3.05) is 0 Å². The van der Waals surface area contributed by atoms with Gasteiger partial charge >= 0.3 is 0 Å². The molecule has 0 fully saturated rings. The van der Waals surface area contributed by atoms with Crippen LogP contribution in [0.5, 0.6) is 0 Å². The van der Waals surface area contributed by atoms with E-state index in [1.807, 2.05) is 0 Å². The Hall–Kier alpha value is -2.41. The molecule has 116 valence electrons. The first-order chi connectivity index (χ1) is 11.1. The predicted molar refractivity (Wildman–Crippen MR) is 97.3 cm³/mol. The first kappa shape index (κ1) is 15.5. The minimum atomic E-state index is 0.535. The first-order valence-corrected chi connectivity index (χ1v) is 8.22. The monoisotopic (exact) mass is 302 g/mol. The summed E-state index contributed by atoms with van der Waals surface area (Å²) in [7, 11) is 2.12. The molecular formula is C22H24N+. The third-order valence-corrected chi connectivity index (χ3v) is 4.46. The summed E-state index contributed by atoms with van der Waals surface area (Å²) in [6.45, 7) is 6.67. The van der Waals surface area contributed by atoms with E-state index in [9.17, 15) is 0 Å². The quantitative estimate of drug-likeness (QED) is 0.580. The smallest absolute Gasteiger partial charge is 0.201 e. The van der Waals surface area contributed by atoms with Crippen LogP contribution < -0.4 is 4.57 Å². The van der Waals surface area contributed by atoms with E-state index < -0.39 is 0 Å². The Kier molecular flexibility index (Phi) is 4.29. The van der Waals surface area contributed by atoms with Crippen molar-refractivity contribution in [1.82, 2.24) is 0 Å². The molecular weight excluding hydrogens is 278 g/mol. The number of rotatable bonds is 3. The van der Waals surface area contributed by atoms with Crippen molar-refractivity contribution in [3.63, 3.8) is 0 Å². The summed E-state index contributed by atoms with van der Waals surface area (Å²) < 4.78 is 2.21. The molecule has 0 amide bonds. The second-order valence-electron chi connectivity index (χ2n) is 6.51. The van der Waals surface area contributed by atoms with E-state index in [-0.39, 0.29) is 0 Å². The molecule has 0 radical (unpaired) electrons. The molecule has 2 aromatic carbocycles. The summed E-state index contributed by atoms with van der Waals surface area (Å²) in [6.07, 6.45) is 2.17. The number of nitrogens with zero attached hydrogens (tertiary/aromatic N) is 1. The first-order valence-electron chi connectivity index (χ1n) is 8.22. The molecule has 1 heteroatoms. The standard InChI is InChI=1S/C22H24N/c1-16(2)19-12-13-23(4)22(15-19)21-14-20(11-10-17(21)3)18-8-6-5-7-9-18/h5-16H,1-4H3/q+1. The molecule has 1 aromatic heterocycles. The van der Waals surface area contributed by atoms with Crippen molar-refractivity contribution < 1.29 is 4.57 Å². The average Bonchev–Trinajstić information content (AvgIpc) is 2.56. The fourth-order valence-electron chi connectivity index (χ4n) is 2.92. The lowest BCUT2D eigenvalue weighted by Gasteiger charge is -2.11. The van der Waals surface area contributed by atoms with Gasteiger partial charge in [-0.25, -0.2) is 4.57 Å². The van der Waals surface area contributed by atoms with E-state index in [4.69, 9.17) is 0 Å². The zero-order valence-electron chi connectivity index (χ0n) is 14.4. The zero-order chi connectivity index (χ0) is 16.4. The number of hydrogen-bond acceptors (Lipinski definition) is 0. The summed E-state index contributed by atoms with van der Waals surface area (Å²) >= 11 is 0. The maximum absolute atomic E-state index is 2.32. The summed E-state index contributed by atoms with van der Waals surface area (Å²) in [5, 5.41) is 0. The molecule has 3 rings (SSSR count). The fraction of sp³-hybridized carbons (Fsp3) is 0.227. The Morgan fingerprint density at radius 1 is 0.826 bits per heavy atom. The van der Waals surface area contributed by atoms with E-state index in [0.717, 1.165) is 0 Å². The van der Waals surface area contributed by atoms with Crippen molar-refractivity contribution in [2.45, 2.75) is 26.7 Å². The van der Waals surface area contributed by atoms with Crippen LogP contribution in [0, 0.1) is 6.92 Å². The van der Waals surface area contributed by atoms with Gasteiger partial charge in [-0.2, -0.15) is 0 Å². The van der Waals surface area contributed by atoms with Crippen molar-refractivity contribution in [3.05, 3.63) is 78.0 Å². The third-order valence-electron chi connectivity index (χ3n) is 4.46. The average molecular weight is 302 g/mol. The number of benzene rings is 2. The predicted octanol–water partition coefficient (Wildman–Crippen LogP) is 5.28. The van der Waals surface area contributed by atoms with Gasteiger partial charge in [0.05, 0.1) is 0 Å². The number of pyridine rings is 1. The topological polar surface area (TPSA) is 3.88 Å². The Morgan fingerprint density at radius 2 is 1.57 bits per heavy atom. The maximum Gasteiger partial charge on any atom is 0.212 e. The second kappa shape index (κ2) is 6.37. The van der Waals surface area contributed by atoms with Crippen LogP contribution in [0.1, 0.15) is 30.9 Å². The van der Waals surface area contributed by atoms with Crippen LogP contribution in [-0.4, -0.2) is 0 Å². The van der Waals surface area contributed by atoms with Crippen LogP contribution in [0.3, 0.4) is 0 Å². The molecule has 3 aromatic rings. The second-order valence-corrected chi connectivity index (χ2v) is 6.51. The van der Waals surface area contributed by atoms with Crippen molar-refractivity contribution in [1.29, 1.82) is 0 Å². The Balaban J connectivity index is 2.15. The van der Waals surface area contributed by atoms with Gasteiger partial charge in [-0.15, -0.1) is 0 Å². The summed E-state index contributed by atoms with van der Waals surface area (Å²) in [5.74, 6) is 0.535. The molecule has 0 bridgehead atoms. The van der Waals surface area contributed by atoms with Gasteiger partial charge in [0.2, 0.25) is 5.69 Å². The summed E-state index contributed by atoms with van der Waals surface area (Å²) in [6, 6.07) is 21.8. The van der Waals surface area contributed by atoms with Gasteiger partial charge in [-0.3, -0.25) is 0 Å². The van der Waals surface area contributed by atoms with Gasteiger partial charge in [0, 0.05) is 17.7 Å². The Morgan fingerprint density at radius 3 is 2.26 bits per heavy atom. The van der Waals surface area contributed by atoms with Gasteiger partial charge in [-0.1, -0.05) is 56.3 Å². The third kappa shape index (κ3) is 3.19. The molecule has 1 heterocycles. The van der Waals surface area contributed by atoms with Gasteiger partial charge < -0.3 is 0 Å². The van der Waals surface area contributed by atoms with Crippen LogP contribution in [0.25, 0.3) is 22.4 Å². The molecule has 23 heavy (non-hydrogen) atoms. The molecule has 0 spiro atoms. The number of aromatic nitrogens is 1. The van der Waals surface area contributed by atoms with E-state index in [2.05, 4.69) is 99.2 Å². The molecule has 0 unspecified atom stereocenters. The Bertz CT molecular complexity index is 817. The van der Waals surface area contributed by atoms with Crippen molar-refractivity contribution in [3.8, 4) is 22.4 Å². The van der Waals surface area contributed by atoms with Gasteiger partial charge in [0.15, 0.2) is 6.20 Å². The molecule has 0 aliphatic carbocycles. The SMILES string of the molecule is Cc1ccc(-c2ccccc2)cc1-c1cc(C(C)C)cc[n+]1C. The minimum absolute atomic E-state index is 0.535. The molecule has 0 aliphatic rings. The molecule has 0 saturated heterocycles. The highest BCUT2D eigenvalue weighted by atomic mass is 14.9. The number of hydrogen-bond donors (Lipinski definition) is 0. The molecule has 1 nitrogen and oxygen atoms in total. The minimum Gasteiger partial charge on any atom is -0.201 e. The van der Waals surface area contributed by atoms with E-state index >= 15 is 0 Å². The lowest BCUT2D eigenvalue weighted by molar-refractivity contribution is -0.660. The molecule has 0 aliphatic heterocycles. The van der Waals surface area contributed by atoms with E-state index in [1.54, 1.807) is 0 Å². The van der Waals surface area contributed by atoms with Gasteiger partial charge in [0.25, 0.3) is 0 Å². The van der Waals surface area contributed by atoms with Gasteiger partial charge in [-0.05, 0) is 41.2 Å². The zero-order valence-corrected chi connectivity index (χ0v) is 14.4. The van der Waals surface area contributed by atoms with Crippen LogP contribution in [-0.2, 0) is 7.05 Å². The summed E-state index contributed by atoms with van der Waals surface area (Å²) in [4.78, 5) is 0. The normalized spacial score (nSPS) is 11.0. The molecule has 0 N–H and O–H groups in total. The van der Waals surface area contributed by atoms with Crippen molar-refractivity contribution in [2.24, 2.45) is 7.05 Å². The lowest BCUT2D eigenvalue weighted by atomic mass is 9.95. The van der Waals surface area contributed by atoms with Crippen LogP contribution in [0.15, 0.2) is 66.9 Å². The fourth-order valence-corrected chi connectivity index (χ4v) is 2.92. The maximum atomic E-state index is 2.32.